The van der Waals surface area contributed by atoms with Crippen molar-refractivity contribution in [1.29, 1.82) is 0 Å². The highest BCUT2D eigenvalue weighted by atomic mass is 19.1. The van der Waals surface area contributed by atoms with Crippen molar-refractivity contribution in [2.45, 2.75) is 12.8 Å². The smallest absolute Gasteiger partial charge is 0.332 e. The van der Waals surface area contributed by atoms with Gasteiger partial charge in [-0.1, -0.05) is 12.1 Å². The van der Waals surface area contributed by atoms with E-state index in [1.165, 1.54) is 23.7 Å². The zero-order valence-electron chi connectivity index (χ0n) is 18.0. The number of hydrogen-bond acceptors (Lipinski definition) is 5. The van der Waals surface area contributed by atoms with E-state index in [4.69, 9.17) is 0 Å². The van der Waals surface area contributed by atoms with Gasteiger partial charge in [0.15, 0.2) is 0 Å². The van der Waals surface area contributed by atoms with Gasteiger partial charge in [0.25, 0.3) is 5.56 Å². The van der Waals surface area contributed by atoms with Gasteiger partial charge in [-0.15, -0.1) is 0 Å². The standard InChI is InChI=1S/C22H28FN5O3/c1-24-19(14-20(29)25(2)22(24)31)28-9-5-6-16(15-28)21(30)27-12-10-26(11-13-27)18-8-4-3-7-17(18)23/h3-4,7-8,14,16H,5-6,9-13,15H2,1-2H3. The lowest BCUT2D eigenvalue weighted by Crippen LogP contribution is -2.53. The molecule has 8 nitrogen and oxygen atoms in total. The molecule has 0 aliphatic carbocycles. The fourth-order valence-electron chi connectivity index (χ4n) is 4.55. The Kier molecular flexibility index (Phi) is 5.84. The lowest BCUT2D eigenvalue weighted by molar-refractivity contribution is -0.136. The molecule has 2 aliphatic heterocycles. The topological polar surface area (TPSA) is 70.8 Å². The molecule has 9 heteroatoms. The number of para-hydroxylation sites is 1. The molecule has 166 valence electrons. The van der Waals surface area contributed by atoms with Crippen LogP contribution in [0.4, 0.5) is 15.9 Å². The molecule has 31 heavy (non-hydrogen) atoms. The van der Waals surface area contributed by atoms with E-state index >= 15 is 0 Å². The van der Waals surface area contributed by atoms with Crippen molar-refractivity contribution in [3.63, 3.8) is 0 Å². The molecule has 2 aliphatic rings. The Balaban J connectivity index is 1.43. The van der Waals surface area contributed by atoms with Crippen LogP contribution in [0, 0.1) is 11.7 Å². The van der Waals surface area contributed by atoms with Crippen molar-refractivity contribution < 1.29 is 9.18 Å². The van der Waals surface area contributed by atoms with Crippen LogP contribution in [0.5, 0.6) is 0 Å². The van der Waals surface area contributed by atoms with Gasteiger partial charge in [0, 0.05) is 59.4 Å². The normalized spacial score (nSPS) is 19.6. The van der Waals surface area contributed by atoms with Gasteiger partial charge in [0.1, 0.15) is 11.6 Å². The number of nitrogens with zero attached hydrogens (tertiary/aromatic N) is 5. The molecular formula is C22H28FN5O3. The molecule has 0 N–H and O–H groups in total. The molecule has 0 bridgehead atoms. The van der Waals surface area contributed by atoms with Gasteiger partial charge in [-0.05, 0) is 25.0 Å². The van der Waals surface area contributed by atoms with Crippen molar-refractivity contribution in [2.75, 3.05) is 49.1 Å². The monoisotopic (exact) mass is 429 g/mol. The highest BCUT2D eigenvalue weighted by Gasteiger charge is 2.32. The van der Waals surface area contributed by atoms with E-state index in [1.807, 2.05) is 20.8 Å². The number of amides is 1. The van der Waals surface area contributed by atoms with Gasteiger partial charge >= 0.3 is 5.69 Å². The number of aromatic nitrogens is 2. The lowest BCUT2D eigenvalue weighted by atomic mass is 9.96. The zero-order valence-corrected chi connectivity index (χ0v) is 18.0. The molecule has 1 atom stereocenters. The van der Waals surface area contributed by atoms with Crippen LogP contribution in [0.15, 0.2) is 39.9 Å². The minimum atomic E-state index is -0.375. The Labute approximate surface area is 180 Å². The van der Waals surface area contributed by atoms with E-state index in [0.717, 1.165) is 17.4 Å². The molecule has 3 heterocycles. The third kappa shape index (κ3) is 4.08. The zero-order chi connectivity index (χ0) is 22.1. The SMILES string of the molecule is Cn1c(N2CCCC(C(=O)N3CCN(c4ccccc4F)CC3)C2)cc(=O)n(C)c1=O. The average Bonchev–Trinajstić information content (AvgIpc) is 2.80. The molecule has 1 aromatic carbocycles. The fourth-order valence-corrected chi connectivity index (χ4v) is 4.55. The average molecular weight is 429 g/mol. The summed E-state index contributed by atoms with van der Waals surface area (Å²) in [7, 11) is 3.10. The van der Waals surface area contributed by atoms with Crippen molar-refractivity contribution in [2.24, 2.45) is 20.0 Å². The summed E-state index contributed by atoms with van der Waals surface area (Å²) in [4.78, 5) is 43.4. The number of piperazine rings is 1. The molecule has 0 saturated carbocycles. The van der Waals surface area contributed by atoms with Gasteiger partial charge in [-0.3, -0.25) is 18.7 Å². The van der Waals surface area contributed by atoms with Crippen molar-refractivity contribution in [1.82, 2.24) is 14.0 Å². The van der Waals surface area contributed by atoms with E-state index < -0.39 is 0 Å². The Morgan fingerprint density at radius 3 is 2.39 bits per heavy atom. The van der Waals surface area contributed by atoms with E-state index in [1.54, 1.807) is 19.2 Å². The summed E-state index contributed by atoms with van der Waals surface area (Å²) in [5, 5.41) is 0. The van der Waals surface area contributed by atoms with E-state index in [-0.39, 0.29) is 28.9 Å². The summed E-state index contributed by atoms with van der Waals surface area (Å²) in [6, 6.07) is 8.16. The second kappa shape index (κ2) is 8.56. The first-order valence-corrected chi connectivity index (χ1v) is 10.7. The van der Waals surface area contributed by atoms with Crippen LogP contribution in [-0.4, -0.2) is 59.2 Å². The molecule has 0 radical (unpaired) electrons. The molecule has 4 rings (SSSR count). The molecule has 2 fully saturated rings. The first-order valence-electron chi connectivity index (χ1n) is 10.7. The van der Waals surface area contributed by atoms with Gasteiger partial charge in [0.2, 0.25) is 5.91 Å². The van der Waals surface area contributed by atoms with E-state index in [0.29, 0.717) is 50.8 Å². The number of piperidine rings is 1. The Morgan fingerprint density at radius 1 is 0.968 bits per heavy atom. The molecule has 0 spiro atoms. The highest BCUT2D eigenvalue weighted by molar-refractivity contribution is 5.80. The minimum absolute atomic E-state index is 0.0896. The second-order valence-corrected chi connectivity index (χ2v) is 8.29. The van der Waals surface area contributed by atoms with Crippen LogP contribution >= 0.6 is 0 Å². The predicted molar refractivity (Wildman–Crippen MR) is 117 cm³/mol. The summed E-state index contributed by atoms with van der Waals surface area (Å²) >= 11 is 0. The first-order chi connectivity index (χ1) is 14.9. The van der Waals surface area contributed by atoms with Crippen molar-refractivity contribution >= 4 is 17.4 Å². The van der Waals surface area contributed by atoms with Crippen molar-refractivity contribution in [3.05, 3.63) is 57.0 Å². The van der Waals surface area contributed by atoms with Gasteiger partial charge in [-0.25, -0.2) is 9.18 Å². The van der Waals surface area contributed by atoms with Crippen molar-refractivity contribution in [3.8, 4) is 0 Å². The van der Waals surface area contributed by atoms with Gasteiger partial charge in [-0.2, -0.15) is 0 Å². The third-order valence-electron chi connectivity index (χ3n) is 6.38. The molecule has 1 amide bonds. The van der Waals surface area contributed by atoms with Crippen LogP contribution < -0.4 is 21.0 Å². The summed E-state index contributed by atoms with van der Waals surface area (Å²) < 4.78 is 16.6. The molecular weight excluding hydrogens is 401 g/mol. The van der Waals surface area contributed by atoms with Crippen LogP contribution in [0.3, 0.4) is 0 Å². The maximum absolute atomic E-state index is 14.1. The van der Waals surface area contributed by atoms with E-state index in [9.17, 15) is 18.8 Å². The Hall–Kier alpha value is -3.10. The summed E-state index contributed by atoms with van der Waals surface area (Å²) in [6.45, 7) is 3.46. The number of hydrogen-bond donors (Lipinski definition) is 0. The number of rotatable bonds is 3. The first kappa shape index (κ1) is 21.1. The van der Waals surface area contributed by atoms with Crippen LogP contribution in [-0.2, 0) is 18.9 Å². The number of halogens is 1. The number of benzene rings is 1. The number of carbonyl (C=O) groups is 1. The number of carbonyl (C=O) groups excluding carboxylic acids is 1. The highest BCUT2D eigenvalue weighted by Crippen LogP contribution is 2.25. The predicted octanol–water partition coefficient (Wildman–Crippen LogP) is 0.788. The Bertz CT molecular complexity index is 1090. The fraction of sp³-hybridized carbons (Fsp3) is 0.500. The summed E-state index contributed by atoms with van der Waals surface area (Å²) in [5.74, 6) is 0.208. The third-order valence-corrected chi connectivity index (χ3v) is 6.38. The largest absolute Gasteiger partial charge is 0.366 e. The molecule has 2 saturated heterocycles. The molecule has 2 aromatic rings. The minimum Gasteiger partial charge on any atom is -0.366 e. The maximum Gasteiger partial charge on any atom is 0.332 e. The lowest BCUT2D eigenvalue weighted by Gasteiger charge is -2.40. The number of anilines is 2. The van der Waals surface area contributed by atoms with Gasteiger partial charge in [0.05, 0.1) is 11.6 Å². The molecule has 1 aromatic heterocycles. The van der Waals surface area contributed by atoms with Gasteiger partial charge < -0.3 is 14.7 Å². The quantitative estimate of drug-likeness (QED) is 0.722. The van der Waals surface area contributed by atoms with E-state index in [2.05, 4.69) is 0 Å². The molecule has 1 unspecified atom stereocenters. The van der Waals surface area contributed by atoms with Crippen LogP contribution in [0.25, 0.3) is 0 Å². The summed E-state index contributed by atoms with van der Waals surface area (Å²) in [5.41, 5.74) is -0.152. The maximum atomic E-state index is 14.1. The second-order valence-electron chi connectivity index (χ2n) is 8.29. The Morgan fingerprint density at radius 2 is 1.68 bits per heavy atom. The van der Waals surface area contributed by atoms with Crippen LogP contribution in [0.2, 0.25) is 0 Å². The summed E-state index contributed by atoms with van der Waals surface area (Å²) in [6.07, 6.45) is 1.59. The van der Waals surface area contributed by atoms with Crippen LogP contribution in [0.1, 0.15) is 12.8 Å².